The van der Waals surface area contributed by atoms with Crippen LogP contribution in [0.2, 0.25) is 0 Å². The Balaban J connectivity index is 1.57. The topological polar surface area (TPSA) is 50.7 Å². The lowest BCUT2D eigenvalue weighted by atomic mass is 10.0. The fourth-order valence-electron chi connectivity index (χ4n) is 3.34. The van der Waals surface area contributed by atoms with Gasteiger partial charge in [0.25, 0.3) is 0 Å². The molecule has 3 aromatic rings. The molecule has 0 aliphatic carbocycles. The highest BCUT2D eigenvalue weighted by Crippen LogP contribution is 2.29. The molecule has 1 saturated heterocycles. The van der Waals surface area contributed by atoms with Gasteiger partial charge >= 0.3 is 0 Å². The molecule has 0 radical (unpaired) electrons. The van der Waals surface area contributed by atoms with Crippen LogP contribution in [0.25, 0.3) is 10.8 Å². The fraction of sp³-hybridized carbons (Fsp3) is 0.333. The third kappa shape index (κ3) is 3.66. The average Bonchev–Trinajstić information content (AvgIpc) is 2.73. The van der Waals surface area contributed by atoms with Gasteiger partial charge in [-0.3, -0.25) is 4.98 Å². The maximum Gasteiger partial charge on any atom is 0.149 e. The summed E-state index contributed by atoms with van der Waals surface area (Å²) in [6, 6.07) is 12.6. The number of rotatable bonds is 4. The Morgan fingerprint density at radius 2 is 1.93 bits per heavy atom. The van der Waals surface area contributed by atoms with Crippen molar-refractivity contribution in [3.63, 3.8) is 0 Å². The molecule has 1 aliphatic rings. The van der Waals surface area contributed by atoms with Crippen molar-refractivity contribution in [1.29, 1.82) is 0 Å². The van der Waals surface area contributed by atoms with Crippen molar-refractivity contribution in [3.05, 3.63) is 54.4 Å². The lowest BCUT2D eigenvalue weighted by Gasteiger charge is -2.34. The van der Waals surface area contributed by atoms with E-state index < -0.39 is 0 Å². The summed E-state index contributed by atoms with van der Waals surface area (Å²) in [6.07, 6.45) is 3.61. The highest BCUT2D eigenvalue weighted by atomic mass is 16.5. The quantitative estimate of drug-likeness (QED) is 0.708. The van der Waals surface area contributed by atoms with Crippen molar-refractivity contribution in [2.75, 3.05) is 50.7 Å². The minimum absolute atomic E-state index is 0.00932. The van der Waals surface area contributed by atoms with Crippen LogP contribution in [-0.4, -0.2) is 50.9 Å². The van der Waals surface area contributed by atoms with Crippen LogP contribution < -0.4 is 14.5 Å². The molecule has 1 atom stereocenters. The summed E-state index contributed by atoms with van der Waals surface area (Å²) in [5.41, 5.74) is 1.18. The summed E-state index contributed by atoms with van der Waals surface area (Å²) in [6.45, 7) is 2.24. The van der Waals surface area contributed by atoms with Gasteiger partial charge in [0.15, 0.2) is 0 Å². The third-order valence-electron chi connectivity index (χ3n) is 4.90. The first-order chi connectivity index (χ1) is 13.1. The number of hydrogen-bond donors (Lipinski definition) is 0. The van der Waals surface area contributed by atoms with Crippen LogP contribution in [0.1, 0.15) is 11.7 Å². The van der Waals surface area contributed by atoms with Crippen molar-refractivity contribution in [2.24, 2.45) is 0 Å². The van der Waals surface area contributed by atoms with E-state index in [9.17, 15) is 0 Å². The van der Waals surface area contributed by atoms with Crippen molar-refractivity contribution in [2.45, 2.75) is 6.10 Å². The standard InChI is InChI=1S/C21H24N4O2/c1-24(2)20-12-22-13-21(23-20)25-8-9-27-19(14-25)17-5-4-16-11-18(26-3)7-6-15(16)10-17/h4-7,10-13,19H,8-9,14H2,1-3H3/t19-/m0/s1. The highest BCUT2D eigenvalue weighted by Gasteiger charge is 2.23. The van der Waals surface area contributed by atoms with Crippen LogP contribution in [0, 0.1) is 0 Å². The number of hydrogen-bond acceptors (Lipinski definition) is 6. The van der Waals surface area contributed by atoms with E-state index in [1.165, 1.54) is 10.9 Å². The molecule has 6 nitrogen and oxygen atoms in total. The Bertz CT molecular complexity index is 944. The Morgan fingerprint density at radius 1 is 1.11 bits per heavy atom. The normalized spacial score (nSPS) is 17.1. The average molecular weight is 364 g/mol. The second-order valence-corrected chi connectivity index (χ2v) is 6.91. The third-order valence-corrected chi connectivity index (χ3v) is 4.90. The molecule has 1 aromatic heterocycles. The molecular formula is C21H24N4O2. The Labute approximate surface area is 159 Å². The maximum absolute atomic E-state index is 6.06. The monoisotopic (exact) mass is 364 g/mol. The maximum atomic E-state index is 6.06. The second kappa shape index (κ2) is 7.40. The number of nitrogens with zero attached hydrogens (tertiary/aromatic N) is 4. The van der Waals surface area contributed by atoms with E-state index in [1.54, 1.807) is 13.3 Å². The highest BCUT2D eigenvalue weighted by molar-refractivity contribution is 5.84. The largest absolute Gasteiger partial charge is 0.497 e. The number of morpholine rings is 1. The zero-order valence-corrected chi connectivity index (χ0v) is 15.9. The number of fused-ring (bicyclic) bond motifs is 1. The van der Waals surface area contributed by atoms with E-state index in [0.29, 0.717) is 6.61 Å². The molecule has 140 valence electrons. The number of benzene rings is 2. The molecule has 0 saturated carbocycles. The Hall–Kier alpha value is -2.86. The van der Waals surface area contributed by atoms with Crippen molar-refractivity contribution < 1.29 is 9.47 Å². The summed E-state index contributed by atoms with van der Waals surface area (Å²) in [5.74, 6) is 2.62. The van der Waals surface area contributed by atoms with E-state index in [4.69, 9.17) is 14.5 Å². The van der Waals surface area contributed by atoms with Crippen LogP contribution in [0.5, 0.6) is 5.75 Å². The first-order valence-electron chi connectivity index (χ1n) is 9.07. The molecule has 0 spiro atoms. The zero-order valence-electron chi connectivity index (χ0n) is 15.9. The molecule has 1 aliphatic heterocycles. The summed E-state index contributed by atoms with van der Waals surface area (Å²) < 4.78 is 11.4. The number of anilines is 2. The van der Waals surface area contributed by atoms with Crippen molar-refractivity contribution >= 4 is 22.4 Å². The molecular weight excluding hydrogens is 340 g/mol. The molecule has 0 N–H and O–H groups in total. The van der Waals surface area contributed by atoms with E-state index in [1.807, 2.05) is 31.3 Å². The van der Waals surface area contributed by atoms with Gasteiger partial charge in [0.2, 0.25) is 0 Å². The van der Waals surface area contributed by atoms with E-state index >= 15 is 0 Å². The van der Waals surface area contributed by atoms with Gasteiger partial charge in [-0.05, 0) is 34.5 Å². The molecule has 1 fully saturated rings. The van der Waals surface area contributed by atoms with E-state index in [2.05, 4.69) is 40.2 Å². The first kappa shape index (κ1) is 17.5. The minimum atomic E-state index is 0.00932. The van der Waals surface area contributed by atoms with Gasteiger partial charge in [-0.15, -0.1) is 0 Å². The van der Waals surface area contributed by atoms with E-state index in [-0.39, 0.29) is 6.10 Å². The second-order valence-electron chi connectivity index (χ2n) is 6.91. The van der Waals surface area contributed by atoms with Gasteiger partial charge in [0, 0.05) is 27.2 Å². The molecule has 0 amide bonds. The molecule has 0 bridgehead atoms. The first-order valence-corrected chi connectivity index (χ1v) is 9.07. The summed E-state index contributed by atoms with van der Waals surface area (Å²) in [5, 5.41) is 2.35. The van der Waals surface area contributed by atoms with Crippen LogP contribution >= 0.6 is 0 Å². The van der Waals surface area contributed by atoms with Gasteiger partial charge in [0.1, 0.15) is 23.5 Å². The molecule has 27 heavy (non-hydrogen) atoms. The predicted octanol–water partition coefficient (Wildman–Crippen LogP) is 3.28. The smallest absolute Gasteiger partial charge is 0.149 e. The van der Waals surface area contributed by atoms with Crippen LogP contribution in [0.4, 0.5) is 11.6 Å². The van der Waals surface area contributed by atoms with E-state index in [0.717, 1.165) is 35.9 Å². The zero-order chi connectivity index (χ0) is 18.8. The number of aromatic nitrogens is 2. The van der Waals surface area contributed by atoms with Gasteiger partial charge in [0.05, 0.1) is 26.1 Å². The molecule has 2 aromatic carbocycles. The van der Waals surface area contributed by atoms with Crippen molar-refractivity contribution in [3.8, 4) is 5.75 Å². The molecule has 6 heteroatoms. The van der Waals surface area contributed by atoms with Gasteiger partial charge in [-0.2, -0.15) is 0 Å². The van der Waals surface area contributed by atoms with Crippen LogP contribution in [0.15, 0.2) is 48.8 Å². The number of ether oxygens (including phenoxy) is 2. The minimum Gasteiger partial charge on any atom is -0.497 e. The van der Waals surface area contributed by atoms with Crippen LogP contribution in [-0.2, 0) is 4.74 Å². The van der Waals surface area contributed by atoms with Crippen molar-refractivity contribution in [1.82, 2.24) is 9.97 Å². The summed E-state index contributed by atoms with van der Waals surface area (Å²) >= 11 is 0. The lowest BCUT2D eigenvalue weighted by molar-refractivity contribution is 0.0396. The Morgan fingerprint density at radius 3 is 2.74 bits per heavy atom. The Kier molecular flexibility index (Phi) is 4.81. The van der Waals surface area contributed by atoms with Gasteiger partial charge in [-0.1, -0.05) is 18.2 Å². The lowest BCUT2D eigenvalue weighted by Crippen LogP contribution is -2.39. The van der Waals surface area contributed by atoms with Gasteiger partial charge < -0.3 is 19.3 Å². The fourth-order valence-corrected chi connectivity index (χ4v) is 3.34. The predicted molar refractivity (Wildman–Crippen MR) is 108 cm³/mol. The molecule has 4 rings (SSSR count). The molecule has 2 heterocycles. The SMILES string of the molecule is COc1ccc2cc([C@@H]3CN(c4cncc(N(C)C)n4)CCO3)ccc2c1. The summed E-state index contributed by atoms with van der Waals surface area (Å²) in [4.78, 5) is 13.3. The van der Waals surface area contributed by atoms with Crippen LogP contribution in [0.3, 0.4) is 0 Å². The van der Waals surface area contributed by atoms with Gasteiger partial charge in [-0.25, -0.2) is 4.98 Å². The number of methoxy groups -OCH3 is 1. The summed E-state index contributed by atoms with van der Waals surface area (Å²) in [7, 11) is 5.63. The molecule has 0 unspecified atom stereocenters.